The molecule has 0 unspecified atom stereocenters. The average Bonchev–Trinajstić information content (AvgIpc) is 2.81. The van der Waals surface area contributed by atoms with E-state index in [1.54, 1.807) is 0 Å². The summed E-state index contributed by atoms with van der Waals surface area (Å²) in [5.41, 5.74) is 0. The second-order valence-corrected chi connectivity index (χ2v) is 9.87. The van der Waals surface area contributed by atoms with E-state index in [1.807, 2.05) is 0 Å². The van der Waals surface area contributed by atoms with E-state index in [4.69, 9.17) is 9.84 Å². The van der Waals surface area contributed by atoms with Crippen LogP contribution in [0.25, 0.3) is 0 Å². The molecule has 0 saturated carbocycles. The molecule has 0 aliphatic heterocycles. The lowest BCUT2D eigenvalue weighted by atomic mass is 10.0. The van der Waals surface area contributed by atoms with Crippen molar-refractivity contribution in [2.75, 3.05) is 0 Å². The molecular weight excluding hydrogens is 440 g/mol. The Hall–Kier alpha value is -1.78. The van der Waals surface area contributed by atoms with Crippen molar-refractivity contribution in [2.24, 2.45) is 0 Å². The van der Waals surface area contributed by atoms with Gasteiger partial charge in [0.25, 0.3) is 0 Å². The van der Waals surface area contributed by atoms with Gasteiger partial charge in [0.2, 0.25) is 0 Å². The van der Waals surface area contributed by atoms with Gasteiger partial charge in [-0.05, 0) is 12.8 Å². The van der Waals surface area contributed by atoms with Gasteiger partial charge < -0.3 is 14.9 Å². The van der Waals surface area contributed by atoms with Crippen LogP contribution < -0.4 is 0 Å². The summed E-state index contributed by atoms with van der Waals surface area (Å²) in [6, 6.07) is 0. The first-order valence-electron chi connectivity index (χ1n) is 14.5. The van der Waals surface area contributed by atoms with Gasteiger partial charge in [-0.1, -0.05) is 129 Å². The van der Waals surface area contributed by atoms with Crippen molar-refractivity contribution in [1.29, 1.82) is 0 Å². The molecule has 0 aliphatic carbocycles. The quantitative estimate of drug-likeness (QED) is 0.0571. The minimum absolute atomic E-state index is 0.00340. The van der Waals surface area contributed by atoms with Gasteiger partial charge >= 0.3 is 11.9 Å². The van der Waals surface area contributed by atoms with E-state index < -0.39 is 11.9 Å². The molecule has 0 aromatic heterocycles. The molecule has 5 heteroatoms. The third-order valence-corrected chi connectivity index (χ3v) is 6.36. The minimum Gasteiger partial charge on any atom is -0.512 e. The number of carbonyl (C=O) groups excluding carboxylic acids is 1. The Labute approximate surface area is 215 Å². The number of aliphatic hydroxyl groups excluding tert-OH is 1. The van der Waals surface area contributed by atoms with E-state index in [0.717, 1.165) is 50.7 Å². The maximum Gasteiger partial charge on any atom is 0.339 e. The summed E-state index contributed by atoms with van der Waals surface area (Å²) in [6.07, 6.45) is 26.9. The van der Waals surface area contributed by atoms with Crippen LogP contribution in [-0.2, 0) is 14.3 Å². The second-order valence-electron chi connectivity index (χ2n) is 9.87. The van der Waals surface area contributed by atoms with Crippen molar-refractivity contribution in [2.45, 2.75) is 155 Å². The zero-order valence-corrected chi connectivity index (χ0v) is 22.8. The molecule has 0 heterocycles. The van der Waals surface area contributed by atoms with Gasteiger partial charge in [0.15, 0.2) is 0 Å². The van der Waals surface area contributed by atoms with Gasteiger partial charge in [0, 0.05) is 12.8 Å². The van der Waals surface area contributed by atoms with Crippen molar-refractivity contribution in [3.63, 3.8) is 0 Å². The molecule has 5 nitrogen and oxygen atoms in total. The van der Waals surface area contributed by atoms with Crippen LogP contribution in [0.1, 0.15) is 155 Å². The van der Waals surface area contributed by atoms with Crippen molar-refractivity contribution in [3.05, 3.63) is 23.7 Å². The lowest BCUT2D eigenvalue weighted by Gasteiger charge is -2.07. The highest BCUT2D eigenvalue weighted by Crippen LogP contribution is 2.16. The molecule has 0 amide bonds. The Morgan fingerprint density at radius 2 is 0.914 bits per heavy atom. The molecular formula is C30H54O5. The molecule has 0 rings (SSSR count). The summed E-state index contributed by atoms with van der Waals surface area (Å²) in [4.78, 5) is 23.2. The summed E-state index contributed by atoms with van der Waals surface area (Å²) < 4.78 is 5.22. The van der Waals surface area contributed by atoms with Gasteiger partial charge in [0.05, 0.1) is 17.9 Å². The number of hydrogen-bond donors (Lipinski definition) is 2. The number of aliphatic carboxylic acids is 1. The number of hydrogen-bond acceptors (Lipinski definition) is 4. The summed E-state index contributed by atoms with van der Waals surface area (Å²) in [6.45, 7) is 4.45. The van der Waals surface area contributed by atoms with Crippen LogP contribution >= 0.6 is 0 Å². The zero-order valence-electron chi connectivity index (χ0n) is 22.8. The van der Waals surface area contributed by atoms with Crippen molar-refractivity contribution < 1.29 is 24.5 Å². The average molecular weight is 495 g/mol. The number of carboxylic acid groups (broad SMARTS) is 1. The molecule has 0 spiro atoms. The van der Waals surface area contributed by atoms with Crippen molar-refractivity contribution >= 4 is 11.9 Å². The standard InChI is InChI=1S/C30H54O5/c1-3-5-7-9-11-13-14-16-17-19-21-23-27(31)25-30(34)35-28(26-29(32)33)24-22-20-18-15-12-10-8-6-4-2/h25-26,31H,3-24H2,1-2H3,(H,32,33). The molecule has 204 valence electrons. The highest BCUT2D eigenvalue weighted by Gasteiger charge is 2.09. The summed E-state index contributed by atoms with van der Waals surface area (Å²) in [5.74, 6) is -1.67. The maximum atomic E-state index is 12.1. The Bertz CT molecular complexity index is 579. The van der Waals surface area contributed by atoms with Gasteiger partial charge in [-0.15, -0.1) is 0 Å². The molecule has 0 radical (unpaired) electrons. The Morgan fingerprint density at radius 3 is 1.31 bits per heavy atom. The van der Waals surface area contributed by atoms with Crippen molar-refractivity contribution in [1.82, 2.24) is 0 Å². The number of ether oxygens (including phenoxy) is 1. The number of unbranched alkanes of at least 4 members (excludes halogenated alkanes) is 18. The largest absolute Gasteiger partial charge is 0.512 e. The highest BCUT2D eigenvalue weighted by atomic mass is 16.5. The van der Waals surface area contributed by atoms with Gasteiger partial charge in [-0.3, -0.25) is 0 Å². The number of aliphatic hydroxyl groups is 1. The van der Waals surface area contributed by atoms with Crippen LogP contribution in [0.15, 0.2) is 23.7 Å². The minimum atomic E-state index is -1.13. The van der Waals surface area contributed by atoms with Gasteiger partial charge in [-0.25, -0.2) is 9.59 Å². The lowest BCUT2D eigenvalue weighted by Crippen LogP contribution is -2.05. The maximum absolute atomic E-state index is 12.1. The van der Waals surface area contributed by atoms with Crippen LogP contribution in [-0.4, -0.2) is 22.2 Å². The highest BCUT2D eigenvalue weighted by molar-refractivity contribution is 5.85. The van der Waals surface area contributed by atoms with Crippen LogP contribution in [0.4, 0.5) is 0 Å². The second kappa shape index (κ2) is 25.3. The van der Waals surface area contributed by atoms with E-state index in [1.165, 1.54) is 89.9 Å². The van der Waals surface area contributed by atoms with Crippen LogP contribution in [0.5, 0.6) is 0 Å². The summed E-state index contributed by atoms with van der Waals surface area (Å²) in [5, 5.41) is 19.1. The molecule has 0 fully saturated rings. The predicted octanol–water partition coefficient (Wildman–Crippen LogP) is 9.56. The molecule has 0 aromatic rings. The lowest BCUT2D eigenvalue weighted by molar-refractivity contribution is -0.134. The molecule has 0 aromatic carbocycles. The van der Waals surface area contributed by atoms with E-state index >= 15 is 0 Å². The normalized spacial score (nSPS) is 12.2. The molecule has 0 saturated heterocycles. The molecule has 0 bridgehead atoms. The fourth-order valence-electron chi connectivity index (χ4n) is 4.24. The molecule has 0 atom stereocenters. The smallest absolute Gasteiger partial charge is 0.339 e. The number of allylic oxidation sites excluding steroid dienone is 2. The zero-order chi connectivity index (χ0) is 26.0. The predicted molar refractivity (Wildman–Crippen MR) is 145 cm³/mol. The number of esters is 1. The summed E-state index contributed by atoms with van der Waals surface area (Å²) >= 11 is 0. The molecule has 35 heavy (non-hydrogen) atoms. The Kier molecular flexibility index (Phi) is 24.0. The molecule has 0 aliphatic rings. The van der Waals surface area contributed by atoms with Crippen LogP contribution in [0.2, 0.25) is 0 Å². The fourth-order valence-corrected chi connectivity index (χ4v) is 4.24. The Morgan fingerprint density at radius 1 is 0.543 bits per heavy atom. The van der Waals surface area contributed by atoms with Crippen molar-refractivity contribution in [3.8, 4) is 0 Å². The van der Waals surface area contributed by atoms with E-state index in [-0.39, 0.29) is 11.5 Å². The third-order valence-electron chi connectivity index (χ3n) is 6.36. The monoisotopic (exact) mass is 494 g/mol. The van der Waals surface area contributed by atoms with Crippen LogP contribution in [0.3, 0.4) is 0 Å². The van der Waals surface area contributed by atoms with E-state index in [2.05, 4.69) is 13.8 Å². The number of carbonyl (C=O) groups is 2. The summed E-state index contributed by atoms with van der Waals surface area (Å²) in [7, 11) is 0. The molecule has 2 N–H and O–H groups in total. The number of carboxylic acids is 1. The number of rotatable bonds is 25. The van der Waals surface area contributed by atoms with Gasteiger partial charge in [0.1, 0.15) is 5.76 Å². The fraction of sp³-hybridized carbons (Fsp3) is 0.800. The first-order valence-corrected chi connectivity index (χ1v) is 14.5. The first-order chi connectivity index (χ1) is 17.0. The first kappa shape index (κ1) is 33.2. The SMILES string of the molecule is CCCCCCCCCCCCCC(O)=CC(=O)OC(=CC(=O)O)CCCCCCCCCCC. The topological polar surface area (TPSA) is 83.8 Å². The van der Waals surface area contributed by atoms with E-state index in [0.29, 0.717) is 12.8 Å². The van der Waals surface area contributed by atoms with E-state index in [9.17, 15) is 14.7 Å². The Balaban J connectivity index is 3.99. The van der Waals surface area contributed by atoms with Gasteiger partial charge in [-0.2, -0.15) is 0 Å². The van der Waals surface area contributed by atoms with Crippen LogP contribution in [0, 0.1) is 0 Å². The third kappa shape index (κ3) is 25.1.